The highest BCUT2D eigenvalue weighted by Gasteiger charge is 2.10. The van der Waals surface area contributed by atoms with Crippen LogP contribution < -0.4 is 9.54 Å². The summed E-state index contributed by atoms with van der Waals surface area (Å²) in [6.45, 7) is 3.82. The molecule has 0 aliphatic heterocycles. The molecule has 0 spiro atoms. The quantitative estimate of drug-likeness (QED) is 0.550. The van der Waals surface area contributed by atoms with E-state index in [0.717, 1.165) is 20.8 Å². The second-order valence-corrected chi connectivity index (χ2v) is 8.26. The molecule has 0 saturated carbocycles. The Bertz CT molecular complexity index is 974. The third-order valence-electron chi connectivity index (χ3n) is 3.73. The molecule has 0 saturated heterocycles. The maximum atomic E-state index is 12.4. The number of hydrogen-bond donors (Lipinski definition) is 0. The third kappa shape index (κ3) is 4.54. The smallest absolute Gasteiger partial charge is 0.253 e. The van der Waals surface area contributed by atoms with Crippen molar-refractivity contribution in [1.29, 1.82) is 0 Å². The standard InChI is InChI=1S/C18H19ClN2O3S2/c1-3-24-9-8-21-14-6-4-12(23-2)10-15(14)26-18(21)20-17(22)11-13-5-7-16(19)25-13/h4-7,10H,3,8-9,11H2,1-2H3. The minimum atomic E-state index is -0.188. The van der Waals surface area contributed by atoms with Crippen molar-refractivity contribution < 1.29 is 14.3 Å². The number of thiophene rings is 1. The van der Waals surface area contributed by atoms with Gasteiger partial charge in [-0.15, -0.1) is 11.3 Å². The summed E-state index contributed by atoms with van der Waals surface area (Å²) in [5.41, 5.74) is 1.02. The van der Waals surface area contributed by atoms with E-state index in [1.165, 1.54) is 22.7 Å². The highest BCUT2D eigenvalue weighted by atomic mass is 35.5. The zero-order valence-electron chi connectivity index (χ0n) is 14.5. The highest BCUT2D eigenvalue weighted by Crippen LogP contribution is 2.24. The monoisotopic (exact) mass is 410 g/mol. The van der Waals surface area contributed by atoms with E-state index in [-0.39, 0.29) is 12.3 Å². The van der Waals surface area contributed by atoms with Crippen LogP contribution in [0.2, 0.25) is 4.34 Å². The molecule has 0 N–H and O–H groups in total. The van der Waals surface area contributed by atoms with E-state index < -0.39 is 0 Å². The number of methoxy groups -OCH3 is 1. The molecular weight excluding hydrogens is 392 g/mol. The first-order valence-corrected chi connectivity index (χ1v) is 10.2. The van der Waals surface area contributed by atoms with Gasteiger partial charge in [-0.1, -0.05) is 22.9 Å². The Morgan fingerprint density at radius 2 is 2.12 bits per heavy atom. The number of fused-ring (bicyclic) bond motifs is 1. The molecule has 3 rings (SSSR count). The van der Waals surface area contributed by atoms with Crippen molar-refractivity contribution in [2.24, 2.45) is 4.99 Å². The molecule has 0 aliphatic carbocycles. The molecule has 0 unspecified atom stereocenters. The van der Waals surface area contributed by atoms with Gasteiger partial charge >= 0.3 is 0 Å². The van der Waals surface area contributed by atoms with Crippen LogP contribution in [0.4, 0.5) is 0 Å². The van der Waals surface area contributed by atoms with Gasteiger partial charge in [-0.3, -0.25) is 4.79 Å². The summed E-state index contributed by atoms with van der Waals surface area (Å²) in [4.78, 5) is 18.3. The van der Waals surface area contributed by atoms with E-state index in [9.17, 15) is 4.79 Å². The lowest BCUT2D eigenvalue weighted by atomic mass is 10.3. The SMILES string of the molecule is CCOCCn1c(=NC(=O)Cc2ccc(Cl)s2)sc2cc(OC)ccc21. The fraction of sp³-hybridized carbons (Fsp3) is 0.333. The number of amides is 1. The van der Waals surface area contributed by atoms with E-state index in [4.69, 9.17) is 21.1 Å². The molecule has 3 aromatic rings. The van der Waals surface area contributed by atoms with Crippen LogP contribution in [0.25, 0.3) is 10.2 Å². The van der Waals surface area contributed by atoms with Crippen LogP contribution in [0.15, 0.2) is 35.3 Å². The number of ether oxygens (including phenoxy) is 2. The number of halogens is 1. The summed E-state index contributed by atoms with van der Waals surface area (Å²) in [5.74, 6) is 0.592. The molecule has 2 heterocycles. The molecular formula is C18H19ClN2O3S2. The molecule has 1 aromatic carbocycles. The van der Waals surface area contributed by atoms with E-state index in [1.54, 1.807) is 13.2 Å². The Labute approximate surface area is 164 Å². The molecule has 0 radical (unpaired) electrons. The zero-order valence-corrected chi connectivity index (χ0v) is 16.9. The van der Waals surface area contributed by atoms with Crippen molar-refractivity contribution in [1.82, 2.24) is 4.57 Å². The summed E-state index contributed by atoms with van der Waals surface area (Å²) in [6, 6.07) is 9.51. The Balaban J connectivity index is 1.95. The molecule has 2 aromatic heterocycles. The van der Waals surface area contributed by atoms with Crippen LogP contribution >= 0.6 is 34.3 Å². The summed E-state index contributed by atoms with van der Waals surface area (Å²) in [5, 5.41) is 0. The predicted molar refractivity (Wildman–Crippen MR) is 106 cm³/mol. The molecule has 8 heteroatoms. The minimum Gasteiger partial charge on any atom is -0.497 e. The molecule has 5 nitrogen and oxygen atoms in total. The summed E-state index contributed by atoms with van der Waals surface area (Å²) >= 11 is 8.81. The lowest BCUT2D eigenvalue weighted by molar-refractivity contribution is -0.117. The van der Waals surface area contributed by atoms with Gasteiger partial charge < -0.3 is 14.0 Å². The van der Waals surface area contributed by atoms with E-state index >= 15 is 0 Å². The Kier molecular flexibility index (Phi) is 6.48. The maximum Gasteiger partial charge on any atom is 0.253 e. The summed E-state index contributed by atoms with van der Waals surface area (Å²) in [6.07, 6.45) is 0.250. The summed E-state index contributed by atoms with van der Waals surface area (Å²) in [7, 11) is 1.64. The largest absolute Gasteiger partial charge is 0.497 e. The van der Waals surface area contributed by atoms with Gasteiger partial charge in [0.2, 0.25) is 0 Å². The molecule has 26 heavy (non-hydrogen) atoms. The van der Waals surface area contributed by atoms with Crippen LogP contribution in [0.1, 0.15) is 11.8 Å². The van der Waals surface area contributed by atoms with Crippen molar-refractivity contribution >= 4 is 50.4 Å². The number of hydrogen-bond acceptors (Lipinski definition) is 5. The van der Waals surface area contributed by atoms with Crippen molar-refractivity contribution in [3.8, 4) is 5.75 Å². The van der Waals surface area contributed by atoms with Gasteiger partial charge in [-0.05, 0) is 37.3 Å². The number of carbonyl (C=O) groups excluding carboxylic acids is 1. The van der Waals surface area contributed by atoms with Gasteiger partial charge in [0.1, 0.15) is 5.75 Å². The predicted octanol–water partition coefficient (Wildman–Crippen LogP) is 4.13. The number of rotatable bonds is 7. The first-order chi connectivity index (χ1) is 12.6. The Morgan fingerprint density at radius 3 is 2.81 bits per heavy atom. The van der Waals surface area contributed by atoms with Crippen LogP contribution in [-0.4, -0.2) is 30.8 Å². The maximum absolute atomic E-state index is 12.4. The lowest BCUT2D eigenvalue weighted by Gasteiger charge is -2.06. The Morgan fingerprint density at radius 1 is 1.27 bits per heavy atom. The van der Waals surface area contributed by atoms with Gasteiger partial charge in [-0.2, -0.15) is 4.99 Å². The van der Waals surface area contributed by atoms with Gasteiger partial charge in [0.15, 0.2) is 4.80 Å². The van der Waals surface area contributed by atoms with Crippen LogP contribution in [0.5, 0.6) is 5.75 Å². The first kappa shape index (κ1) is 19.1. The van der Waals surface area contributed by atoms with Gasteiger partial charge in [0.25, 0.3) is 5.91 Å². The van der Waals surface area contributed by atoms with Crippen molar-refractivity contribution in [3.05, 3.63) is 44.3 Å². The number of carbonyl (C=O) groups is 1. The lowest BCUT2D eigenvalue weighted by Crippen LogP contribution is -2.20. The fourth-order valence-corrected chi connectivity index (χ4v) is 4.70. The number of nitrogens with zero attached hydrogens (tertiary/aromatic N) is 2. The van der Waals surface area contributed by atoms with Gasteiger partial charge in [0.05, 0.1) is 34.7 Å². The van der Waals surface area contributed by atoms with Crippen molar-refractivity contribution in [2.75, 3.05) is 20.3 Å². The molecule has 0 atom stereocenters. The van der Waals surface area contributed by atoms with E-state index in [1.807, 2.05) is 35.8 Å². The van der Waals surface area contributed by atoms with Crippen LogP contribution in [0, 0.1) is 0 Å². The topological polar surface area (TPSA) is 52.8 Å². The molecule has 0 bridgehead atoms. The van der Waals surface area contributed by atoms with E-state index in [0.29, 0.717) is 28.9 Å². The molecule has 1 amide bonds. The van der Waals surface area contributed by atoms with Crippen LogP contribution in [0.3, 0.4) is 0 Å². The second kappa shape index (κ2) is 8.81. The fourth-order valence-electron chi connectivity index (χ4n) is 2.52. The summed E-state index contributed by atoms with van der Waals surface area (Å²) < 4.78 is 14.5. The first-order valence-electron chi connectivity index (χ1n) is 8.17. The third-order valence-corrected chi connectivity index (χ3v) is 6.00. The highest BCUT2D eigenvalue weighted by molar-refractivity contribution is 7.16. The number of aromatic nitrogens is 1. The molecule has 138 valence electrons. The van der Waals surface area contributed by atoms with Crippen molar-refractivity contribution in [2.45, 2.75) is 19.9 Å². The average molecular weight is 411 g/mol. The van der Waals surface area contributed by atoms with Gasteiger partial charge in [-0.25, -0.2) is 0 Å². The van der Waals surface area contributed by atoms with Gasteiger partial charge in [0, 0.05) is 18.0 Å². The number of thiazole rings is 1. The molecule has 0 aliphatic rings. The zero-order chi connectivity index (χ0) is 18.5. The Hall–Kier alpha value is -1.67. The second-order valence-electron chi connectivity index (χ2n) is 5.45. The number of benzene rings is 1. The van der Waals surface area contributed by atoms with E-state index in [2.05, 4.69) is 4.99 Å². The van der Waals surface area contributed by atoms with Crippen LogP contribution in [-0.2, 0) is 22.5 Å². The molecule has 0 fully saturated rings. The minimum absolute atomic E-state index is 0.188. The average Bonchev–Trinajstić information content (AvgIpc) is 3.17. The van der Waals surface area contributed by atoms with Crippen molar-refractivity contribution in [3.63, 3.8) is 0 Å². The normalized spacial score (nSPS) is 12.0.